The van der Waals surface area contributed by atoms with Gasteiger partial charge in [0.1, 0.15) is 5.39 Å². The predicted octanol–water partition coefficient (Wildman–Crippen LogP) is 4.05. The maximum absolute atomic E-state index is 12.8. The smallest absolute Gasteiger partial charge is 0.386 e. The molecule has 0 fully saturated rings. The van der Waals surface area contributed by atoms with E-state index in [1.807, 2.05) is 30.3 Å². The minimum absolute atomic E-state index is 0.123. The van der Waals surface area contributed by atoms with Crippen molar-refractivity contribution in [1.82, 2.24) is 19.7 Å². The lowest BCUT2D eigenvalue weighted by molar-refractivity contribution is -0.137. The summed E-state index contributed by atoms with van der Waals surface area (Å²) in [5, 5.41) is 18.3. The van der Waals surface area contributed by atoms with E-state index in [0.29, 0.717) is 23.0 Å². The summed E-state index contributed by atoms with van der Waals surface area (Å²) in [6.45, 7) is 1.80. The Bertz CT molecular complexity index is 1270. The van der Waals surface area contributed by atoms with E-state index in [-0.39, 0.29) is 5.95 Å². The summed E-state index contributed by atoms with van der Waals surface area (Å²) in [6, 6.07) is 12.9. The molecule has 0 aliphatic rings. The number of rotatable bonds is 6. The van der Waals surface area contributed by atoms with E-state index >= 15 is 0 Å². The Hall–Kier alpha value is -3.66. The van der Waals surface area contributed by atoms with Crippen LogP contribution in [-0.2, 0) is 6.18 Å². The number of alkyl halides is 3. The topological polar surface area (TPSA) is 95.8 Å². The zero-order chi connectivity index (χ0) is 22.9. The average molecular weight is 443 g/mol. The average Bonchev–Trinajstić information content (AvgIpc) is 3.21. The highest BCUT2D eigenvalue weighted by Crippen LogP contribution is 2.31. The number of anilines is 1. The van der Waals surface area contributed by atoms with Crippen molar-refractivity contribution < 1.29 is 18.3 Å². The summed E-state index contributed by atoms with van der Waals surface area (Å²) in [5.41, 5.74) is 0.179. The summed E-state index contributed by atoms with van der Waals surface area (Å²) in [4.78, 5) is 19.6. The van der Waals surface area contributed by atoms with Crippen molar-refractivity contribution in [1.29, 1.82) is 0 Å². The maximum Gasteiger partial charge on any atom is 0.416 e. The second-order valence-electron chi connectivity index (χ2n) is 7.27. The summed E-state index contributed by atoms with van der Waals surface area (Å²) in [7, 11) is 0. The Balaban J connectivity index is 1.63. The number of aromatic amines is 1. The summed E-state index contributed by atoms with van der Waals surface area (Å²) < 4.78 is 39.9. The Kier molecular flexibility index (Phi) is 5.70. The first-order valence-corrected chi connectivity index (χ1v) is 9.93. The number of hydrogen-bond donors (Lipinski definition) is 3. The van der Waals surface area contributed by atoms with Crippen LogP contribution in [0.5, 0.6) is 0 Å². The van der Waals surface area contributed by atoms with Crippen molar-refractivity contribution in [3.05, 3.63) is 82.3 Å². The number of H-pyrrole nitrogens is 1. The zero-order valence-corrected chi connectivity index (χ0v) is 17.0. The van der Waals surface area contributed by atoms with Crippen LogP contribution >= 0.6 is 0 Å². The molecule has 32 heavy (non-hydrogen) atoms. The number of aliphatic hydroxyl groups excluding tert-OH is 1. The van der Waals surface area contributed by atoms with Gasteiger partial charge in [0.05, 0.1) is 29.6 Å². The number of nitrogens with one attached hydrogen (secondary N) is 2. The molecule has 4 aromatic rings. The largest absolute Gasteiger partial charge is 0.416 e. The first-order valence-electron chi connectivity index (χ1n) is 9.93. The van der Waals surface area contributed by atoms with E-state index in [9.17, 15) is 23.1 Å². The fraction of sp³-hybridized carbons (Fsp3) is 0.227. The number of hydrogen-bond acceptors (Lipinski definition) is 5. The highest BCUT2D eigenvalue weighted by molar-refractivity contribution is 5.76. The lowest BCUT2D eigenvalue weighted by Crippen LogP contribution is -2.29. The standard InChI is InChI=1S/C22H20F3N5O2/c1-2-17(18(31)13-8-10-14(11-9-13)22(23,24)25)27-21-28-19-16(20(32)29-21)12-26-30(19)15-6-4-3-5-7-15/h3-12,17-18,31H,2H2,1H3,(H2,27,28,29,32). The second kappa shape index (κ2) is 8.46. The van der Waals surface area contributed by atoms with Crippen LogP contribution in [0.1, 0.15) is 30.6 Å². The molecular formula is C22H20F3N5O2. The summed E-state index contributed by atoms with van der Waals surface area (Å²) in [6.07, 6.45) is -3.73. The van der Waals surface area contributed by atoms with E-state index < -0.39 is 29.4 Å². The van der Waals surface area contributed by atoms with E-state index in [2.05, 4.69) is 20.4 Å². The first-order chi connectivity index (χ1) is 15.3. The molecule has 0 radical (unpaired) electrons. The predicted molar refractivity (Wildman–Crippen MR) is 114 cm³/mol. The number of para-hydroxylation sites is 1. The van der Waals surface area contributed by atoms with Gasteiger partial charge in [-0.1, -0.05) is 37.3 Å². The molecule has 2 aromatic heterocycles. The third kappa shape index (κ3) is 4.22. The van der Waals surface area contributed by atoms with Crippen LogP contribution in [0.3, 0.4) is 0 Å². The fourth-order valence-electron chi connectivity index (χ4n) is 3.43. The Morgan fingerprint density at radius 3 is 2.44 bits per heavy atom. The van der Waals surface area contributed by atoms with Crippen LogP contribution in [0.4, 0.5) is 19.1 Å². The van der Waals surface area contributed by atoms with Gasteiger partial charge in [0.15, 0.2) is 5.65 Å². The van der Waals surface area contributed by atoms with Crippen molar-refractivity contribution in [3.63, 3.8) is 0 Å². The van der Waals surface area contributed by atoms with Gasteiger partial charge < -0.3 is 10.4 Å². The Labute approximate surface area is 180 Å². The lowest BCUT2D eigenvalue weighted by Gasteiger charge is -2.24. The molecule has 2 unspecified atom stereocenters. The SMILES string of the molecule is CCC(Nc1nc2c(cnn2-c2ccccc2)c(=O)[nH]1)C(O)c1ccc(C(F)(F)F)cc1. The Morgan fingerprint density at radius 2 is 1.81 bits per heavy atom. The molecule has 0 saturated carbocycles. The van der Waals surface area contributed by atoms with Crippen LogP contribution in [0, 0.1) is 0 Å². The van der Waals surface area contributed by atoms with Gasteiger partial charge in [-0.05, 0) is 36.2 Å². The molecule has 0 bridgehead atoms. The van der Waals surface area contributed by atoms with Gasteiger partial charge in [-0.2, -0.15) is 23.3 Å². The first kappa shape index (κ1) is 21.6. The maximum atomic E-state index is 12.8. The number of nitrogens with zero attached hydrogens (tertiary/aromatic N) is 3. The summed E-state index contributed by atoms with van der Waals surface area (Å²) in [5.74, 6) is 0.123. The van der Waals surface area contributed by atoms with Crippen molar-refractivity contribution in [2.24, 2.45) is 0 Å². The van der Waals surface area contributed by atoms with Crippen LogP contribution in [0.2, 0.25) is 0 Å². The molecule has 2 atom stereocenters. The normalized spacial score (nSPS) is 13.8. The van der Waals surface area contributed by atoms with E-state index in [1.165, 1.54) is 23.0 Å². The quantitative estimate of drug-likeness (QED) is 0.418. The third-order valence-corrected chi connectivity index (χ3v) is 5.16. The third-order valence-electron chi connectivity index (χ3n) is 5.16. The number of halogens is 3. The zero-order valence-electron chi connectivity index (χ0n) is 17.0. The van der Waals surface area contributed by atoms with Gasteiger partial charge in [-0.3, -0.25) is 9.78 Å². The van der Waals surface area contributed by atoms with Crippen molar-refractivity contribution in [3.8, 4) is 5.69 Å². The molecule has 2 aromatic carbocycles. The molecule has 0 saturated heterocycles. The van der Waals surface area contributed by atoms with Gasteiger partial charge in [0, 0.05) is 0 Å². The highest BCUT2D eigenvalue weighted by Gasteiger charge is 2.30. The van der Waals surface area contributed by atoms with Crippen LogP contribution < -0.4 is 10.9 Å². The minimum atomic E-state index is -4.45. The number of aromatic nitrogens is 4. The molecule has 7 nitrogen and oxygen atoms in total. The van der Waals surface area contributed by atoms with Crippen molar-refractivity contribution in [2.75, 3.05) is 5.32 Å². The number of benzene rings is 2. The Morgan fingerprint density at radius 1 is 1.12 bits per heavy atom. The highest BCUT2D eigenvalue weighted by atomic mass is 19.4. The molecule has 4 rings (SSSR count). The monoisotopic (exact) mass is 443 g/mol. The van der Waals surface area contributed by atoms with E-state index in [1.54, 1.807) is 6.92 Å². The van der Waals surface area contributed by atoms with Crippen LogP contribution in [0.15, 0.2) is 65.6 Å². The molecule has 10 heteroatoms. The minimum Gasteiger partial charge on any atom is -0.386 e. The molecule has 2 heterocycles. The second-order valence-corrected chi connectivity index (χ2v) is 7.27. The van der Waals surface area contributed by atoms with Gasteiger partial charge in [0.2, 0.25) is 5.95 Å². The van der Waals surface area contributed by atoms with Crippen molar-refractivity contribution in [2.45, 2.75) is 31.7 Å². The summed E-state index contributed by atoms with van der Waals surface area (Å²) >= 11 is 0. The molecule has 0 amide bonds. The molecule has 0 aliphatic heterocycles. The van der Waals surface area contributed by atoms with Gasteiger partial charge in [-0.25, -0.2) is 4.68 Å². The molecule has 0 spiro atoms. The fourth-order valence-corrected chi connectivity index (χ4v) is 3.43. The van der Waals surface area contributed by atoms with Crippen LogP contribution in [-0.4, -0.2) is 30.9 Å². The number of aliphatic hydroxyl groups is 1. The van der Waals surface area contributed by atoms with Gasteiger partial charge >= 0.3 is 6.18 Å². The van der Waals surface area contributed by atoms with Crippen molar-refractivity contribution >= 4 is 17.0 Å². The van der Waals surface area contributed by atoms with Crippen LogP contribution in [0.25, 0.3) is 16.7 Å². The molecule has 0 aliphatic carbocycles. The molecule has 166 valence electrons. The van der Waals surface area contributed by atoms with E-state index in [4.69, 9.17) is 0 Å². The molecular weight excluding hydrogens is 423 g/mol. The van der Waals surface area contributed by atoms with Gasteiger partial charge in [0.25, 0.3) is 5.56 Å². The lowest BCUT2D eigenvalue weighted by atomic mass is 9.99. The molecule has 3 N–H and O–H groups in total. The number of fused-ring (bicyclic) bond motifs is 1. The van der Waals surface area contributed by atoms with Gasteiger partial charge in [-0.15, -0.1) is 0 Å². The van der Waals surface area contributed by atoms with E-state index in [0.717, 1.165) is 17.8 Å².